The number of aromatic nitrogens is 3. The number of piperazine rings is 1. The highest BCUT2D eigenvalue weighted by Crippen LogP contribution is 2.35. The number of nitrogens with zero attached hydrogens (tertiary/aromatic N) is 4. The van der Waals surface area contributed by atoms with Crippen molar-refractivity contribution in [2.24, 2.45) is 11.8 Å². The maximum Gasteiger partial charge on any atom is 0.141 e. The number of hydrogen-bond acceptors (Lipinski definition) is 4. The van der Waals surface area contributed by atoms with E-state index in [9.17, 15) is 0 Å². The van der Waals surface area contributed by atoms with Gasteiger partial charge in [-0.05, 0) is 31.1 Å². The third-order valence-electron chi connectivity index (χ3n) is 4.93. The molecule has 2 atom stereocenters. The fourth-order valence-electron chi connectivity index (χ4n) is 3.50. The van der Waals surface area contributed by atoms with Gasteiger partial charge in [-0.2, -0.15) is 5.10 Å². The van der Waals surface area contributed by atoms with Crippen LogP contribution in [0.5, 0.6) is 0 Å². The molecule has 0 aromatic carbocycles. The van der Waals surface area contributed by atoms with Crippen LogP contribution in [0.4, 0.5) is 0 Å². The Morgan fingerprint density at radius 2 is 2.19 bits per heavy atom. The smallest absolute Gasteiger partial charge is 0.141 e. The molecule has 1 aromatic rings. The topological polar surface area (TPSA) is 46.0 Å². The zero-order valence-corrected chi connectivity index (χ0v) is 13.6. The molecule has 0 bridgehead atoms. The summed E-state index contributed by atoms with van der Waals surface area (Å²) in [5.74, 6) is 2.70. The number of aryl methyl sites for hydroxylation is 1. The van der Waals surface area contributed by atoms with Crippen molar-refractivity contribution in [2.75, 3.05) is 13.1 Å². The van der Waals surface area contributed by atoms with Crippen LogP contribution in [0.2, 0.25) is 0 Å². The van der Waals surface area contributed by atoms with Gasteiger partial charge >= 0.3 is 0 Å². The summed E-state index contributed by atoms with van der Waals surface area (Å²) in [6.07, 6.45) is 5.62. The molecule has 21 heavy (non-hydrogen) atoms. The van der Waals surface area contributed by atoms with E-state index in [4.69, 9.17) is 0 Å². The molecule has 5 heteroatoms. The molecule has 1 aliphatic carbocycles. The van der Waals surface area contributed by atoms with Crippen LogP contribution >= 0.6 is 0 Å². The average Bonchev–Trinajstić information content (AvgIpc) is 3.23. The van der Waals surface area contributed by atoms with Crippen molar-refractivity contribution in [1.82, 2.24) is 25.0 Å². The quantitative estimate of drug-likeness (QED) is 0.869. The van der Waals surface area contributed by atoms with Crippen molar-refractivity contribution < 1.29 is 0 Å². The molecule has 2 fully saturated rings. The first-order valence-electron chi connectivity index (χ1n) is 8.53. The lowest BCUT2D eigenvalue weighted by molar-refractivity contribution is 0.0812. The van der Waals surface area contributed by atoms with Crippen molar-refractivity contribution in [1.29, 1.82) is 0 Å². The minimum Gasteiger partial charge on any atom is -0.311 e. The summed E-state index contributed by atoms with van der Waals surface area (Å²) in [4.78, 5) is 7.14. The lowest BCUT2D eigenvalue weighted by Gasteiger charge is -2.42. The van der Waals surface area contributed by atoms with Gasteiger partial charge in [-0.25, -0.2) is 9.67 Å². The van der Waals surface area contributed by atoms with Crippen LogP contribution in [-0.4, -0.2) is 44.8 Å². The van der Waals surface area contributed by atoms with Crippen LogP contribution < -0.4 is 5.32 Å². The van der Waals surface area contributed by atoms with E-state index in [1.165, 1.54) is 12.8 Å². The fourth-order valence-corrected chi connectivity index (χ4v) is 3.50. The Kier molecular flexibility index (Phi) is 4.60. The van der Waals surface area contributed by atoms with E-state index < -0.39 is 0 Å². The van der Waals surface area contributed by atoms with E-state index in [1.54, 1.807) is 6.33 Å². The van der Waals surface area contributed by atoms with E-state index in [0.29, 0.717) is 18.0 Å². The molecule has 0 amide bonds. The molecule has 118 valence electrons. The molecule has 1 saturated carbocycles. The van der Waals surface area contributed by atoms with Gasteiger partial charge in [0.15, 0.2) is 0 Å². The van der Waals surface area contributed by atoms with Crippen molar-refractivity contribution >= 4 is 0 Å². The summed E-state index contributed by atoms with van der Waals surface area (Å²) in [6, 6.07) is 1.29. The zero-order chi connectivity index (χ0) is 14.8. The molecule has 3 rings (SSSR count). The molecule has 1 aromatic heterocycles. The Morgan fingerprint density at radius 3 is 2.86 bits per heavy atom. The second kappa shape index (κ2) is 6.44. The number of hydrogen-bond donors (Lipinski definition) is 1. The van der Waals surface area contributed by atoms with Crippen molar-refractivity contribution in [3.05, 3.63) is 12.2 Å². The van der Waals surface area contributed by atoms with Gasteiger partial charge in [-0.1, -0.05) is 20.8 Å². The van der Waals surface area contributed by atoms with Crippen LogP contribution in [0.25, 0.3) is 0 Å². The third-order valence-corrected chi connectivity index (χ3v) is 4.93. The highest BCUT2D eigenvalue weighted by Gasteiger charge is 2.38. The average molecular weight is 291 g/mol. The van der Waals surface area contributed by atoms with Crippen LogP contribution in [0.15, 0.2) is 6.33 Å². The van der Waals surface area contributed by atoms with Crippen molar-refractivity contribution in [3.8, 4) is 0 Å². The Labute approximate surface area is 128 Å². The molecule has 2 heterocycles. The molecule has 1 N–H and O–H groups in total. The van der Waals surface area contributed by atoms with Crippen LogP contribution in [0.1, 0.15) is 45.9 Å². The van der Waals surface area contributed by atoms with E-state index in [2.05, 4.69) is 45.8 Å². The van der Waals surface area contributed by atoms with Gasteiger partial charge in [-0.15, -0.1) is 0 Å². The van der Waals surface area contributed by atoms with E-state index in [0.717, 1.165) is 44.3 Å². The predicted molar refractivity (Wildman–Crippen MR) is 83.9 cm³/mol. The fraction of sp³-hybridized carbons (Fsp3) is 0.875. The minimum atomic E-state index is 0.603. The lowest BCUT2D eigenvalue weighted by Crippen LogP contribution is -2.58. The van der Waals surface area contributed by atoms with E-state index in [-0.39, 0.29) is 0 Å². The van der Waals surface area contributed by atoms with Gasteiger partial charge in [0, 0.05) is 31.7 Å². The highest BCUT2D eigenvalue weighted by molar-refractivity contribution is 4.97. The molecular weight excluding hydrogens is 262 g/mol. The lowest BCUT2D eigenvalue weighted by atomic mass is 9.97. The maximum atomic E-state index is 4.50. The summed E-state index contributed by atoms with van der Waals surface area (Å²) < 4.78 is 2.07. The van der Waals surface area contributed by atoms with Gasteiger partial charge in [0.25, 0.3) is 0 Å². The SMILES string of the molecule is CCCn1ncnc1CN1CC(C2CC2)NCC1C(C)C. The maximum absolute atomic E-state index is 4.50. The molecular formula is C16H29N5. The molecule has 0 radical (unpaired) electrons. The van der Waals surface area contributed by atoms with Crippen LogP contribution in [0, 0.1) is 11.8 Å². The molecule has 2 unspecified atom stereocenters. The van der Waals surface area contributed by atoms with E-state index >= 15 is 0 Å². The summed E-state index contributed by atoms with van der Waals surface area (Å²) >= 11 is 0. The Morgan fingerprint density at radius 1 is 1.38 bits per heavy atom. The first kappa shape index (κ1) is 15.0. The third kappa shape index (κ3) is 3.46. The molecule has 0 spiro atoms. The summed E-state index contributed by atoms with van der Waals surface area (Å²) in [7, 11) is 0. The first-order chi connectivity index (χ1) is 10.2. The largest absolute Gasteiger partial charge is 0.311 e. The van der Waals surface area contributed by atoms with Gasteiger partial charge in [0.1, 0.15) is 12.2 Å². The minimum absolute atomic E-state index is 0.603. The Bertz CT molecular complexity index is 451. The van der Waals surface area contributed by atoms with Crippen molar-refractivity contribution in [2.45, 2.75) is 65.2 Å². The molecule has 1 saturated heterocycles. The van der Waals surface area contributed by atoms with Crippen molar-refractivity contribution in [3.63, 3.8) is 0 Å². The first-order valence-corrected chi connectivity index (χ1v) is 8.53. The van der Waals surface area contributed by atoms with Crippen LogP contribution in [-0.2, 0) is 13.1 Å². The monoisotopic (exact) mass is 291 g/mol. The molecule has 2 aliphatic rings. The van der Waals surface area contributed by atoms with Gasteiger partial charge < -0.3 is 5.32 Å². The van der Waals surface area contributed by atoms with E-state index in [1.807, 2.05) is 0 Å². The van der Waals surface area contributed by atoms with Gasteiger partial charge in [0.2, 0.25) is 0 Å². The Hall–Kier alpha value is -0.940. The second-order valence-corrected chi connectivity index (χ2v) is 6.99. The number of nitrogens with one attached hydrogen (secondary N) is 1. The molecule has 1 aliphatic heterocycles. The van der Waals surface area contributed by atoms with Gasteiger partial charge in [0.05, 0.1) is 6.54 Å². The summed E-state index contributed by atoms with van der Waals surface area (Å²) in [5.41, 5.74) is 0. The Balaban J connectivity index is 1.70. The molecule has 5 nitrogen and oxygen atoms in total. The highest BCUT2D eigenvalue weighted by atomic mass is 15.4. The summed E-state index contributed by atoms with van der Waals surface area (Å²) in [6.45, 7) is 11.0. The number of rotatable bonds is 6. The standard InChI is InChI=1S/C16H29N5/c1-4-7-21-16(18-11-19-21)10-20-9-14(13-5-6-13)17-8-15(20)12(2)3/h11-15,17H,4-10H2,1-3H3. The summed E-state index contributed by atoms with van der Waals surface area (Å²) in [5, 5.41) is 8.15. The van der Waals surface area contributed by atoms with Crippen LogP contribution in [0.3, 0.4) is 0 Å². The van der Waals surface area contributed by atoms with Gasteiger partial charge in [-0.3, -0.25) is 4.90 Å². The second-order valence-electron chi connectivity index (χ2n) is 6.99. The normalized spacial score (nSPS) is 27.4. The zero-order valence-electron chi connectivity index (χ0n) is 13.6. The predicted octanol–water partition coefficient (Wildman–Crippen LogP) is 1.90.